The van der Waals surface area contributed by atoms with E-state index in [1.165, 1.54) is 6.07 Å². The van der Waals surface area contributed by atoms with Crippen molar-refractivity contribution < 1.29 is 28.3 Å². The Morgan fingerprint density at radius 3 is 1.85 bits per heavy atom. The van der Waals surface area contributed by atoms with E-state index < -0.39 is 11.7 Å². The summed E-state index contributed by atoms with van der Waals surface area (Å²) in [5.74, 6) is 0. The maximum atomic E-state index is 13.0. The van der Waals surface area contributed by atoms with Gasteiger partial charge in [0.05, 0.1) is 34.3 Å². The van der Waals surface area contributed by atoms with Crippen molar-refractivity contribution in [3.63, 3.8) is 0 Å². The van der Waals surface area contributed by atoms with Gasteiger partial charge in [0.1, 0.15) is 0 Å². The molecule has 4 bridgehead atoms. The summed E-state index contributed by atoms with van der Waals surface area (Å²) in [5, 5.41) is 39.5. The van der Waals surface area contributed by atoms with E-state index in [9.17, 15) is 33.5 Å². The summed E-state index contributed by atoms with van der Waals surface area (Å²) in [6.45, 7) is 3.78. The normalized spacial score (nSPS) is 28.6. The van der Waals surface area contributed by atoms with Gasteiger partial charge in [-0.15, -0.1) is 0 Å². The Labute approximate surface area is 237 Å². The van der Waals surface area contributed by atoms with Gasteiger partial charge in [-0.3, -0.25) is 10.1 Å². The van der Waals surface area contributed by atoms with Crippen LogP contribution in [0.4, 0.5) is 30.2 Å². The van der Waals surface area contributed by atoms with Crippen molar-refractivity contribution in [2.45, 2.75) is 108 Å². The van der Waals surface area contributed by atoms with E-state index in [0.29, 0.717) is 30.6 Å². The van der Waals surface area contributed by atoms with Crippen molar-refractivity contribution in [2.75, 3.05) is 9.80 Å². The summed E-state index contributed by atoms with van der Waals surface area (Å²) < 4.78 is 39.1. The van der Waals surface area contributed by atoms with Gasteiger partial charge in [-0.25, -0.2) is 0 Å². The zero-order valence-electron chi connectivity index (χ0n) is 23.1. The number of nitriles is 1. The van der Waals surface area contributed by atoms with E-state index in [1.807, 2.05) is 24.8 Å². The lowest BCUT2D eigenvalue weighted by atomic mass is 9.96. The Kier molecular flexibility index (Phi) is 7.92. The monoisotopic (exact) mass is 572 g/mol. The van der Waals surface area contributed by atoms with Gasteiger partial charge in [0.15, 0.2) is 0 Å². The number of hydrogen-bond donors (Lipinski definition) is 2. The van der Waals surface area contributed by atoms with Gasteiger partial charge in [-0.2, -0.15) is 18.4 Å². The number of nitro groups is 1. The molecule has 4 saturated heterocycles. The number of halogens is 3. The molecular weight excluding hydrogens is 537 g/mol. The van der Waals surface area contributed by atoms with Crippen LogP contribution in [0.1, 0.15) is 73.6 Å². The van der Waals surface area contributed by atoms with Crippen LogP contribution in [0.15, 0.2) is 30.3 Å². The summed E-state index contributed by atoms with van der Waals surface area (Å²) >= 11 is 0. The molecule has 8 nitrogen and oxygen atoms in total. The van der Waals surface area contributed by atoms with Crippen LogP contribution in [0.25, 0.3) is 0 Å². The van der Waals surface area contributed by atoms with Gasteiger partial charge in [0.25, 0.3) is 5.69 Å². The number of anilines is 2. The molecule has 0 amide bonds. The number of piperidine rings is 2. The molecule has 2 aromatic carbocycles. The van der Waals surface area contributed by atoms with Gasteiger partial charge >= 0.3 is 6.18 Å². The summed E-state index contributed by atoms with van der Waals surface area (Å²) in [5.41, 5.74) is 2.30. The van der Waals surface area contributed by atoms with Crippen molar-refractivity contribution >= 4 is 17.1 Å². The molecular formula is C30H35F3N4O4. The average molecular weight is 573 g/mol. The fourth-order valence-electron chi connectivity index (χ4n) is 7.41. The van der Waals surface area contributed by atoms with E-state index in [1.54, 1.807) is 18.2 Å². The summed E-state index contributed by atoms with van der Waals surface area (Å²) in [4.78, 5) is 15.1. The maximum absolute atomic E-state index is 13.0. The van der Waals surface area contributed by atoms with Crippen LogP contribution in [0.5, 0.6) is 0 Å². The minimum Gasteiger partial charge on any atom is -0.393 e. The van der Waals surface area contributed by atoms with Gasteiger partial charge < -0.3 is 20.0 Å². The molecule has 0 spiro atoms. The average Bonchev–Trinajstić information content (AvgIpc) is 3.33. The number of hydrogen-bond acceptors (Lipinski definition) is 7. The number of alkyl halides is 3. The van der Waals surface area contributed by atoms with E-state index in [0.717, 1.165) is 61.4 Å². The minimum absolute atomic E-state index is 0.0905. The molecule has 4 aliphatic rings. The smallest absolute Gasteiger partial charge is 0.393 e. The fourth-order valence-corrected chi connectivity index (χ4v) is 7.41. The largest absolute Gasteiger partial charge is 0.417 e. The lowest BCUT2D eigenvalue weighted by Gasteiger charge is -2.40. The Morgan fingerprint density at radius 1 is 0.878 bits per heavy atom. The molecule has 220 valence electrons. The molecule has 0 radical (unpaired) electrons. The van der Waals surface area contributed by atoms with Gasteiger partial charge in [0, 0.05) is 47.2 Å². The molecule has 4 heterocycles. The van der Waals surface area contributed by atoms with E-state index in [4.69, 9.17) is 5.26 Å². The number of nitro benzene ring substituents is 1. The van der Waals surface area contributed by atoms with Gasteiger partial charge in [-0.05, 0) is 95.0 Å². The minimum atomic E-state index is -4.53. The first-order chi connectivity index (χ1) is 19.4. The molecule has 2 N–H and O–H groups in total. The van der Waals surface area contributed by atoms with Crippen LogP contribution in [0, 0.1) is 35.3 Å². The first kappa shape index (κ1) is 29.1. The summed E-state index contributed by atoms with van der Waals surface area (Å²) in [6.07, 6.45) is 1.73. The molecule has 0 aliphatic carbocycles. The standard InChI is InChI=1S/C15H15F3N2O.C15H20N2O3/c16-15(17,18)14-7-12(2-1-9(14)8-19)20-10-3-4-11(20)6-13(21)5-10;1-9-10(2)15(17(19)20)6-5-14(9)16-11-3-4-12(16)8-13(18)7-11/h1-2,7,10-11,13,21H,3-6H2;5-6,11-13,18H,3-4,7-8H2,1-2H3/t10-,11+,13?;11-,12+,13?. The van der Waals surface area contributed by atoms with E-state index >= 15 is 0 Å². The second-order valence-corrected chi connectivity index (χ2v) is 11.8. The maximum Gasteiger partial charge on any atom is 0.417 e. The van der Waals surface area contributed by atoms with Crippen LogP contribution in [0.3, 0.4) is 0 Å². The van der Waals surface area contributed by atoms with Crippen LogP contribution in [0.2, 0.25) is 0 Å². The highest BCUT2D eigenvalue weighted by molar-refractivity contribution is 5.64. The fraction of sp³-hybridized carbons (Fsp3) is 0.567. The SMILES string of the molecule is Cc1c(N2[C@@H]3CC[C@H]2CC(O)C3)ccc([N+](=O)[O-])c1C.N#Cc1ccc(N2[C@@H]3CC[C@H]2CC(O)C3)cc1C(F)(F)F. The topological polar surface area (TPSA) is 114 Å². The molecule has 6 rings (SSSR count). The van der Waals surface area contributed by atoms with Crippen molar-refractivity contribution in [1.82, 2.24) is 0 Å². The Balaban J connectivity index is 0.000000165. The molecule has 11 heteroatoms. The lowest BCUT2D eigenvalue weighted by Crippen LogP contribution is -2.45. The number of aliphatic hydroxyl groups is 2. The highest BCUT2D eigenvalue weighted by Crippen LogP contribution is 2.43. The zero-order valence-corrected chi connectivity index (χ0v) is 23.1. The van der Waals surface area contributed by atoms with Crippen molar-refractivity contribution in [2.24, 2.45) is 0 Å². The molecule has 0 aromatic heterocycles. The van der Waals surface area contributed by atoms with Gasteiger partial charge in [-0.1, -0.05) is 0 Å². The third-order valence-electron chi connectivity index (χ3n) is 9.35. The van der Waals surface area contributed by atoms with Crippen LogP contribution in [-0.4, -0.2) is 51.5 Å². The molecule has 2 unspecified atom stereocenters. The first-order valence-corrected chi connectivity index (χ1v) is 14.2. The molecule has 2 aromatic rings. The summed E-state index contributed by atoms with van der Waals surface area (Å²) in [7, 11) is 0. The Hall–Kier alpha value is -3.36. The third kappa shape index (κ3) is 5.60. The van der Waals surface area contributed by atoms with E-state index in [2.05, 4.69) is 4.90 Å². The van der Waals surface area contributed by atoms with Crippen molar-refractivity contribution in [3.8, 4) is 6.07 Å². The van der Waals surface area contributed by atoms with E-state index in [-0.39, 0.29) is 40.5 Å². The Bertz CT molecular complexity index is 1330. The highest BCUT2D eigenvalue weighted by atomic mass is 19.4. The second kappa shape index (κ2) is 11.1. The number of rotatable bonds is 3. The lowest BCUT2D eigenvalue weighted by molar-refractivity contribution is -0.385. The van der Waals surface area contributed by atoms with Crippen LogP contribution < -0.4 is 9.80 Å². The predicted octanol–water partition coefficient (Wildman–Crippen LogP) is 5.77. The molecule has 4 aliphatic heterocycles. The quantitative estimate of drug-likeness (QED) is 0.354. The Morgan fingerprint density at radius 2 is 1.39 bits per heavy atom. The highest BCUT2D eigenvalue weighted by Gasteiger charge is 2.42. The summed E-state index contributed by atoms with van der Waals surface area (Å²) in [6, 6.07) is 9.92. The van der Waals surface area contributed by atoms with Gasteiger partial charge in [0.2, 0.25) is 0 Å². The first-order valence-electron chi connectivity index (χ1n) is 14.2. The second-order valence-electron chi connectivity index (χ2n) is 11.8. The number of aliphatic hydroxyl groups excluding tert-OH is 2. The number of benzene rings is 2. The third-order valence-corrected chi connectivity index (χ3v) is 9.35. The predicted molar refractivity (Wildman–Crippen MR) is 148 cm³/mol. The van der Waals surface area contributed by atoms with Crippen LogP contribution >= 0.6 is 0 Å². The zero-order chi connectivity index (χ0) is 29.6. The van der Waals surface area contributed by atoms with Crippen molar-refractivity contribution in [1.29, 1.82) is 5.26 Å². The molecule has 41 heavy (non-hydrogen) atoms. The molecule has 4 fully saturated rings. The number of fused-ring (bicyclic) bond motifs is 4. The molecule has 6 atom stereocenters. The molecule has 0 saturated carbocycles. The van der Waals surface area contributed by atoms with Crippen LogP contribution in [-0.2, 0) is 6.18 Å². The number of nitrogens with zero attached hydrogens (tertiary/aromatic N) is 4. The van der Waals surface area contributed by atoms with Crippen molar-refractivity contribution in [3.05, 3.63) is 62.7 Å².